The van der Waals surface area contributed by atoms with Crippen molar-refractivity contribution in [3.63, 3.8) is 0 Å². The standard InChI is InChI=1S/C7H7NO6S.Na/c1-14-5-2-3-7(15(11,12)13)6(4-5)8(9)10;/h2-4H,1H3,(H,11,12,13);/q;+1/p-1. The van der Waals surface area contributed by atoms with Crippen molar-refractivity contribution in [1.29, 1.82) is 0 Å². The van der Waals surface area contributed by atoms with Crippen LogP contribution in [0.15, 0.2) is 23.1 Å². The van der Waals surface area contributed by atoms with Crippen LogP contribution in [0.2, 0.25) is 0 Å². The Bertz CT molecular complexity index is 500. The number of ether oxygens (including phenoxy) is 1. The third-order valence-corrected chi connectivity index (χ3v) is 2.52. The molecule has 16 heavy (non-hydrogen) atoms. The maximum Gasteiger partial charge on any atom is 1.00 e. The second-order valence-electron chi connectivity index (χ2n) is 2.54. The van der Waals surface area contributed by atoms with E-state index in [0.717, 1.165) is 18.2 Å². The Hall–Kier alpha value is -0.670. The Kier molecular flexibility index (Phi) is 5.36. The molecule has 0 fully saturated rings. The van der Waals surface area contributed by atoms with Gasteiger partial charge in [-0.05, 0) is 12.1 Å². The van der Waals surface area contributed by atoms with E-state index in [0.29, 0.717) is 0 Å². The molecule has 0 N–H and O–H groups in total. The van der Waals surface area contributed by atoms with Gasteiger partial charge in [0.25, 0.3) is 5.69 Å². The number of rotatable bonds is 3. The van der Waals surface area contributed by atoms with Crippen molar-refractivity contribution in [2.75, 3.05) is 7.11 Å². The van der Waals surface area contributed by atoms with E-state index in [1.165, 1.54) is 7.11 Å². The zero-order valence-corrected chi connectivity index (χ0v) is 11.4. The predicted octanol–water partition coefficient (Wildman–Crippen LogP) is -2.49. The van der Waals surface area contributed by atoms with Gasteiger partial charge in [-0.3, -0.25) is 10.1 Å². The van der Waals surface area contributed by atoms with E-state index in [2.05, 4.69) is 4.74 Å². The topological polar surface area (TPSA) is 110 Å². The van der Waals surface area contributed by atoms with Crippen LogP contribution in [0.3, 0.4) is 0 Å². The van der Waals surface area contributed by atoms with Crippen molar-refractivity contribution < 1.29 is 52.2 Å². The third-order valence-electron chi connectivity index (χ3n) is 1.63. The molecule has 0 spiro atoms. The molecule has 0 atom stereocenters. The Balaban J connectivity index is 0.00000225. The van der Waals surface area contributed by atoms with Crippen LogP contribution in [0, 0.1) is 10.1 Å². The smallest absolute Gasteiger partial charge is 0.744 e. The van der Waals surface area contributed by atoms with E-state index in [-0.39, 0.29) is 35.3 Å². The molecule has 82 valence electrons. The van der Waals surface area contributed by atoms with Gasteiger partial charge in [-0.15, -0.1) is 0 Å². The molecule has 9 heteroatoms. The summed E-state index contributed by atoms with van der Waals surface area (Å²) in [6.45, 7) is 0. The minimum Gasteiger partial charge on any atom is -0.744 e. The number of hydrogen-bond donors (Lipinski definition) is 0. The molecule has 0 aliphatic heterocycles. The van der Waals surface area contributed by atoms with E-state index in [4.69, 9.17) is 0 Å². The molecule has 0 radical (unpaired) electrons. The van der Waals surface area contributed by atoms with Gasteiger partial charge in [0, 0.05) is 0 Å². The summed E-state index contributed by atoms with van der Waals surface area (Å²) >= 11 is 0. The summed E-state index contributed by atoms with van der Waals surface area (Å²) in [6.07, 6.45) is 0. The molecule has 1 rings (SSSR count). The van der Waals surface area contributed by atoms with Crippen LogP contribution < -0.4 is 34.3 Å². The Labute approximate surface area is 114 Å². The van der Waals surface area contributed by atoms with Crippen molar-refractivity contribution in [2.45, 2.75) is 4.90 Å². The number of hydrogen-bond acceptors (Lipinski definition) is 6. The van der Waals surface area contributed by atoms with Gasteiger partial charge >= 0.3 is 29.6 Å². The van der Waals surface area contributed by atoms with Crippen LogP contribution in [-0.2, 0) is 10.1 Å². The molecule has 0 saturated carbocycles. The first kappa shape index (κ1) is 15.3. The van der Waals surface area contributed by atoms with Gasteiger partial charge in [-0.1, -0.05) is 0 Å². The van der Waals surface area contributed by atoms with E-state index in [9.17, 15) is 23.1 Å². The third kappa shape index (κ3) is 3.42. The fourth-order valence-corrected chi connectivity index (χ4v) is 1.60. The Morgan fingerprint density at radius 1 is 1.38 bits per heavy atom. The summed E-state index contributed by atoms with van der Waals surface area (Å²) in [6, 6.07) is 2.89. The van der Waals surface area contributed by atoms with Crippen molar-refractivity contribution in [1.82, 2.24) is 0 Å². The van der Waals surface area contributed by atoms with E-state index in [1.807, 2.05) is 0 Å². The number of nitro groups is 1. The Morgan fingerprint density at radius 3 is 2.31 bits per heavy atom. The summed E-state index contributed by atoms with van der Waals surface area (Å²) in [5.74, 6) is 0.106. The summed E-state index contributed by atoms with van der Waals surface area (Å²) in [5, 5.41) is 10.5. The van der Waals surface area contributed by atoms with Crippen molar-refractivity contribution >= 4 is 15.8 Å². The zero-order valence-electron chi connectivity index (χ0n) is 8.54. The molecule has 0 unspecified atom stereocenters. The maximum absolute atomic E-state index is 10.7. The van der Waals surface area contributed by atoms with Crippen LogP contribution >= 0.6 is 0 Å². The largest absolute Gasteiger partial charge is 1.00 e. The first-order valence-corrected chi connectivity index (χ1v) is 5.05. The van der Waals surface area contributed by atoms with Gasteiger partial charge in [0.05, 0.1) is 18.1 Å². The van der Waals surface area contributed by atoms with Gasteiger partial charge < -0.3 is 9.29 Å². The monoisotopic (exact) mass is 255 g/mol. The summed E-state index contributed by atoms with van der Waals surface area (Å²) in [4.78, 5) is 8.66. The molecule has 0 heterocycles. The summed E-state index contributed by atoms with van der Waals surface area (Å²) in [5.41, 5.74) is -0.788. The maximum atomic E-state index is 10.7. The summed E-state index contributed by atoms with van der Waals surface area (Å²) in [7, 11) is -3.58. The molecule has 0 bridgehead atoms. The number of nitrogens with zero attached hydrogens (tertiary/aromatic N) is 1. The van der Waals surface area contributed by atoms with E-state index >= 15 is 0 Å². The fraction of sp³-hybridized carbons (Fsp3) is 0.143. The molecule has 1 aromatic rings. The molecular weight excluding hydrogens is 249 g/mol. The number of nitro benzene ring substituents is 1. The average molecular weight is 255 g/mol. The molecule has 0 aliphatic rings. The Morgan fingerprint density at radius 2 is 1.94 bits per heavy atom. The predicted molar refractivity (Wildman–Crippen MR) is 47.6 cm³/mol. The van der Waals surface area contributed by atoms with Crippen LogP contribution in [0.1, 0.15) is 0 Å². The van der Waals surface area contributed by atoms with Crippen LogP contribution in [-0.4, -0.2) is 25.0 Å². The van der Waals surface area contributed by atoms with Gasteiger partial charge in [0.15, 0.2) is 0 Å². The molecular formula is C7H6NNaO6S. The van der Waals surface area contributed by atoms with Gasteiger partial charge in [0.1, 0.15) is 20.8 Å². The van der Waals surface area contributed by atoms with Crippen LogP contribution in [0.5, 0.6) is 5.75 Å². The summed E-state index contributed by atoms with van der Waals surface area (Å²) < 4.78 is 36.6. The number of benzene rings is 1. The quantitative estimate of drug-likeness (QED) is 0.256. The first-order chi connectivity index (χ1) is 6.86. The number of methoxy groups -OCH3 is 1. The minimum absolute atomic E-state index is 0. The average Bonchev–Trinajstić information content (AvgIpc) is 2.15. The van der Waals surface area contributed by atoms with Gasteiger partial charge in [-0.2, -0.15) is 0 Å². The minimum atomic E-state index is -4.85. The second kappa shape index (κ2) is 5.60. The first-order valence-electron chi connectivity index (χ1n) is 3.64. The second-order valence-corrected chi connectivity index (χ2v) is 3.89. The van der Waals surface area contributed by atoms with E-state index in [1.54, 1.807) is 0 Å². The van der Waals surface area contributed by atoms with E-state index < -0.39 is 25.6 Å². The normalized spacial score (nSPS) is 10.4. The molecule has 0 aliphatic carbocycles. The molecule has 7 nitrogen and oxygen atoms in total. The van der Waals surface area contributed by atoms with Crippen LogP contribution in [0.4, 0.5) is 5.69 Å². The van der Waals surface area contributed by atoms with Crippen molar-refractivity contribution in [3.8, 4) is 5.75 Å². The SMILES string of the molecule is COc1ccc(S(=O)(=O)[O-])c([N+](=O)[O-])c1.[Na+]. The molecule has 0 aromatic heterocycles. The molecule has 0 saturated heterocycles. The molecule has 1 aromatic carbocycles. The van der Waals surface area contributed by atoms with Crippen molar-refractivity contribution in [3.05, 3.63) is 28.3 Å². The van der Waals surface area contributed by atoms with Crippen molar-refractivity contribution in [2.24, 2.45) is 0 Å². The van der Waals surface area contributed by atoms with Crippen LogP contribution in [0.25, 0.3) is 0 Å². The molecule has 0 amide bonds. The van der Waals surface area contributed by atoms with Gasteiger partial charge in [0.2, 0.25) is 0 Å². The zero-order chi connectivity index (χ0) is 11.6. The fourth-order valence-electron chi connectivity index (χ4n) is 0.978. The van der Waals surface area contributed by atoms with Gasteiger partial charge in [-0.25, -0.2) is 8.42 Å².